The number of hydrogen-bond donors (Lipinski definition) is 1. The van der Waals surface area contributed by atoms with E-state index in [9.17, 15) is 5.11 Å². The van der Waals surface area contributed by atoms with Crippen molar-refractivity contribution in [2.45, 2.75) is 0 Å². The van der Waals surface area contributed by atoms with Crippen LogP contribution >= 0.6 is 0 Å². The first-order valence-corrected chi connectivity index (χ1v) is 5.54. The SMILES string of the molecule is C=C1c2ccccc2N(C)c2ccc(O)cc21. The van der Waals surface area contributed by atoms with Gasteiger partial charge in [0.25, 0.3) is 0 Å². The molecule has 2 nitrogen and oxygen atoms in total. The number of rotatable bonds is 0. The van der Waals surface area contributed by atoms with Crippen molar-refractivity contribution in [3.63, 3.8) is 0 Å². The summed E-state index contributed by atoms with van der Waals surface area (Å²) in [6, 6.07) is 13.6. The van der Waals surface area contributed by atoms with Gasteiger partial charge in [0.1, 0.15) is 5.75 Å². The Labute approximate surface area is 100 Å². The standard InChI is InChI=1S/C15H13NO/c1-10-12-5-3-4-6-14(12)16(2)15-8-7-11(17)9-13(10)15/h3-9,17H,1H2,2H3. The normalized spacial score (nSPS) is 13.2. The van der Waals surface area contributed by atoms with Gasteiger partial charge < -0.3 is 10.0 Å². The molecule has 2 aromatic carbocycles. The fraction of sp³-hybridized carbons (Fsp3) is 0.0667. The second-order valence-corrected chi connectivity index (χ2v) is 4.26. The number of phenolic OH excluding ortho intramolecular Hbond substituents is 1. The van der Waals surface area contributed by atoms with Crippen molar-refractivity contribution in [3.8, 4) is 5.75 Å². The Morgan fingerprint density at radius 3 is 2.53 bits per heavy atom. The molecule has 0 amide bonds. The molecule has 0 fully saturated rings. The predicted molar refractivity (Wildman–Crippen MR) is 70.7 cm³/mol. The van der Waals surface area contributed by atoms with Crippen LogP contribution in [0.2, 0.25) is 0 Å². The topological polar surface area (TPSA) is 23.5 Å². The zero-order valence-electron chi connectivity index (χ0n) is 9.64. The van der Waals surface area contributed by atoms with Crippen LogP contribution in [-0.4, -0.2) is 12.2 Å². The molecule has 0 saturated carbocycles. The lowest BCUT2D eigenvalue weighted by atomic mass is 9.91. The molecule has 2 aromatic rings. The number of anilines is 2. The highest BCUT2D eigenvalue weighted by atomic mass is 16.3. The van der Waals surface area contributed by atoms with Gasteiger partial charge in [-0.05, 0) is 29.8 Å². The van der Waals surface area contributed by atoms with Crippen LogP contribution in [0.5, 0.6) is 5.75 Å². The number of phenols is 1. The second-order valence-electron chi connectivity index (χ2n) is 4.26. The highest BCUT2D eigenvalue weighted by Gasteiger charge is 2.22. The average molecular weight is 223 g/mol. The molecule has 1 aliphatic heterocycles. The highest BCUT2D eigenvalue weighted by molar-refractivity contribution is 5.96. The van der Waals surface area contributed by atoms with Crippen LogP contribution in [-0.2, 0) is 0 Å². The Kier molecular flexibility index (Phi) is 1.99. The second kappa shape index (κ2) is 3.39. The van der Waals surface area contributed by atoms with Crippen LogP contribution in [0.1, 0.15) is 11.1 Å². The number of aromatic hydroxyl groups is 1. The quantitative estimate of drug-likeness (QED) is 0.738. The minimum Gasteiger partial charge on any atom is -0.508 e. The summed E-state index contributed by atoms with van der Waals surface area (Å²) in [5.41, 5.74) is 5.30. The van der Waals surface area contributed by atoms with Gasteiger partial charge in [-0.3, -0.25) is 0 Å². The molecular weight excluding hydrogens is 210 g/mol. The van der Waals surface area contributed by atoms with Crippen LogP contribution in [0.3, 0.4) is 0 Å². The number of fused-ring (bicyclic) bond motifs is 2. The van der Waals surface area contributed by atoms with Crippen molar-refractivity contribution in [2.24, 2.45) is 0 Å². The van der Waals surface area contributed by atoms with E-state index in [1.807, 2.05) is 25.2 Å². The van der Waals surface area contributed by atoms with Gasteiger partial charge in [0, 0.05) is 29.5 Å². The lowest BCUT2D eigenvalue weighted by molar-refractivity contribution is 0.475. The summed E-state index contributed by atoms with van der Waals surface area (Å²) in [5.74, 6) is 0.276. The average Bonchev–Trinajstić information content (AvgIpc) is 2.36. The minimum absolute atomic E-state index is 0.276. The molecule has 3 rings (SSSR count). The van der Waals surface area contributed by atoms with E-state index in [-0.39, 0.29) is 5.75 Å². The van der Waals surface area contributed by atoms with Gasteiger partial charge in [-0.25, -0.2) is 0 Å². The van der Waals surface area contributed by atoms with Crippen molar-refractivity contribution in [1.29, 1.82) is 0 Å². The summed E-state index contributed by atoms with van der Waals surface area (Å²) in [4.78, 5) is 2.12. The lowest BCUT2D eigenvalue weighted by Crippen LogP contribution is -2.17. The Hall–Kier alpha value is -2.22. The van der Waals surface area contributed by atoms with E-state index < -0.39 is 0 Å². The first-order valence-electron chi connectivity index (χ1n) is 5.54. The number of para-hydroxylation sites is 1. The summed E-state index contributed by atoms with van der Waals surface area (Å²) in [6.07, 6.45) is 0. The maximum absolute atomic E-state index is 9.58. The summed E-state index contributed by atoms with van der Waals surface area (Å²) in [5, 5.41) is 9.58. The summed E-state index contributed by atoms with van der Waals surface area (Å²) < 4.78 is 0. The van der Waals surface area contributed by atoms with E-state index in [1.54, 1.807) is 12.1 Å². The van der Waals surface area contributed by atoms with Crippen LogP contribution in [0.15, 0.2) is 49.0 Å². The zero-order chi connectivity index (χ0) is 12.0. The molecule has 0 radical (unpaired) electrons. The van der Waals surface area contributed by atoms with Gasteiger partial charge in [-0.2, -0.15) is 0 Å². The van der Waals surface area contributed by atoms with Crippen LogP contribution in [0.25, 0.3) is 5.57 Å². The highest BCUT2D eigenvalue weighted by Crippen LogP contribution is 2.44. The molecule has 0 atom stereocenters. The Balaban J connectivity index is 2.29. The fourth-order valence-corrected chi connectivity index (χ4v) is 2.35. The molecule has 1 N–H and O–H groups in total. The Morgan fingerprint density at radius 2 is 1.71 bits per heavy atom. The van der Waals surface area contributed by atoms with Crippen LogP contribution < -0.4 is 4.90 Å². The zero-order valence-corrected chi connectivity index (χ0v) is 9.64. The molecule has 0 unspecified atom stereocenters. The largest absolute Gasteiger partial charge is 0.508 e. The lowest BCUT2D eigenvalue weighted by Gasteiger charge is -2.31. The van der Waals surface area contributed by atoms with Gasteiger partial charge in [0.2, 0.25) is 0 Å². The molecule has 0 aromatic heterocycles. The third-order valence-corrected chi connectivity index (χ3v) is 3.26. The summed E-state index contributed by atoms with van der Waals surface area (Å²) >= 11 is 0. The molecule has 1 aliphatic rings. The molecule has 0 spiro atoms. The molecule has 2 heteroatoms. The van der Waals surface area contributed by atoms with E-state index in [2.05, 4.69) is 23.6 Å². The van der Waals surface area contributed by atoms with E-state index in [0.717, 1.165) is 28.1 Å². The van der Waals surface area contributed by atoms with Crippen molar-refractivity contribution < 1.29 is 5.11 Å². The summed E-state index contributed by atoms with van der Waals surface area (Å²) in [6.45, 7) is 4.13. The van der Waals surface area contributed by atoms with Crippen molar-refractivity contribution in [2.75, 3.05) is 11.9 Å². The van der Waals surface area contributed by atoms with E-state index >= 15 is 0 Å². The van der Waals surface area contributed by atoms with Gasteiger partial charge in [0.05, 0.1) is 0 Å². The molecule has 17 heavy (non-hydrogen) atoms. The monoisotopic (exact) mass is 223 g/mol. The fourth-order valence-electron chi connectivity index (χ4n) is 2.35. The smallest absolute Gasteiger partial charge is 0.116 e. The van der Waals surface area contributed by atoms with Gasteiger partial charge >= 0.3 is 0 Å². The Bertz CT molecular complexity index is 616. The maximum atomic E-state index is 9.58. The third kappa shape index (κ3) is 1.34. The maximum Gasteiger partial charge on any atom is 0.116 e. The molecule has 0 aliphatic carbocycles. The van der Waals surface area contributed by atoms with Crippen molar-refractivity contribution in [3.05, 3.63) is 60.2 Å². The molecule has 84 valence electrons. The van der Waals surface area contributed by atoms with E-state index in [4.69, 9.17) is 0 Å². The molecule has 0 saturated heterocycles. The summed E-state index contributed by atoms with van der Waals surface area (Å²) in [7, 11) is 2.03. The van der Waals surface area contributed by atoms with Crippen LogP contribution in [0, 0.1) is 0 Å². The van der Waals surface area contributed by atoms with Gasteiger partial charge in [0.15, 0.2) is 0 Å². The molecular formula is C15H13NO. The van der Waals surface area contributed by atoms with Gasteiger partial charge in [-0.1, -0.05) is 24.8 Å². The van der Waals surface area contributed by atoms with E-state index in [1.165, 1.54) is 0 Å². The molecule has 1 heterocycles. The number of hydrogen-bond acceptors (Lipinski definition) is 2. The first-order chi connectivity index (χ1) is 8.18. The van der Waals surface area contributed by atoms with E-state index in [0.29, 0.717) is 0 Å². The number of benzene rings is 2. The van der Waals surface area contributed by atoms with Crippen LogP contribution in [0.4, 0.5) is 11.4 Å². The van der Waals surface area contributed by atoms with Crippen molar-refractivity contribution >= 4 is 16.9 Å². The van der Waals surface area contributed by atoms with Crippen molar-refractivity contribution in [1.82, 2.24) is 0 Å². The minimum atomic E-state index is 0.276. The number of nitrogens with zero attached hydrogens (tertiary/aromatic N) is 1. The Morgan fingerprint density at radius 1 is 1.00 bits per heavy atom. The predicted octanol–water partition coefficient (Wildman–Crippen LogP) is 3.54. The third-order valence-electron chi connectivity index (χ3n) is 3.26. The first kappa shape index (κ1) is 9.97. The molecule has 0 bridgehead atoms. The van der Waals surface area contributed by atoms with Gasteiger partial charge in [-0.15, -0.1) is 0 Å².